The lowest BCUT2D eigenvalue weighted by Crippen LogP contribution is -2.36. The van der Waals surface area contributed by atoms with E-state index in [1.54, 1.807) is 37.3 Å². The molecule has 4 rings (SSSR count). The van der Waals surface area contributed by atoms with E-state index < -0.39 is 28.5 Å². The van der Waals surface area contributed by atoms with Gasteiger partial charge in [-0.1, -0.05) is 17.7 Å². The van der Waals surface area contributed by atoms with Crippen LogP contribution in [0.1, 0.15) is 11.3 Å². The lowest BCUT2D eigenvalue weighted by Gasteiger charge is -2.13. The van der Waals surface area contributed by atoms with Gasteiger partial charge in [-0.15, -0.1) is 0 Å². The molecular weight excluding hydrogens is 510 g/mol. The Bertz CT molecular complexity index is 1430. The number of nitro groups is 1. The molecular formula is C24H18ClN3O7S. The topological polar surface area (TPSA) is 132 Å². The van der Waals surface area contributed by atoms with Crippen molar-refractivity contribution in [2.45, 2.75) is 6.92 Å². The van der Waals surface area contributed by atoms with Crippen LogP contribution in [-0.4, -0.2) is 40.5 Å². The molecule has 10 nitrogen and oxygen atoms in total. The number of nitro benzene ring substituents is 1. The van der Waals surface area contributed by atoms with E-state index in [9.17, 15) is 24.5 Å². The summed E-state index contributed by atoms with van der Waals surface area (Å²) in [6, 6.07) is 12.3. The highest BCUT2D eigenvalue weighted by Gasteiger charge is 2.36. The number of thioether (sulfide) groups is 1. The van der Waals surface area contributed by atoms with Crippen LogP contribution < -0.4 is 10.1 Å². The minimum Gasteiger partial charge on any atom is -0.496 e. The van der Waals surface area contributed by atoms with Gasteiger partial charge in [0.1, 0.15) is 23.8 Å². The molecule has 184 valence electrons. The zero-order chi connectivity index (χ0) is 26.0. The van der Waals surface area contributed by atoms with Gasteiger partial charge in [0.15, 0.2) is 0 Å². The Morgan fingerprint density at radius 1 is 1.22 bits per heavy atom. The zero-order valence-corrected chi connectivity index (χ0v) is 20.5. The molecule has 1 fully saturated rings. The summed E-state index contributed by atoms with van der Waals surface area (Å²) in [6.45, 7) is 1.33. The minimum absolute atomic E-state index is 0.0864. The standard InChI is InChI=1S/C24H18ClN3O7S/c1-13-3-4-14(25)9-18(13)26-22(29)12-27-23(30)21(36-24(27)31)11-16-6-8-19(35-16)17-7-5-15(28(32)33)10-20(17)34-2/h3-11H,12H2,1-2H3,(H,26,29)/b21-11+. The molecule has 1 aromatic heterocycles. The molecule has 2 heterocycles. The lowest BCUT2D eigenvalue weighted by atomic mass is 10.1. The number of ether oxygens (including phenoxy) is 1. The molecule has 1 aliphatic rings. The van der Waals surface area contributed by atoms with Gasteiger partial charge in [-0.3, -0.25) is 29.4 Å². The molecule has 3 aromatic rings. The first-order valence-corrected chi connectivity index (χ1v) is 11.6. The number of furan rings is 1. The van der Waals surface area contributed by atoms with Crippen LogP contribution in [-0.2, 0) is 9.59 Å². The molecule has 36 heavy (non-hydrogen) atoms. The second kappa shape index (κ2) is 10.3. The number of halogens is 1. The van der Waals surface area contributed by atoms with Crippen molar-refractivity contribution in [3.63, 3.8) is 0 Å². The molecule has 0 aliphatic carbocycles. The summed E-state index contributed by atoms with van der Waals surface area (Å²) in [6.07, 6.45) is 1.39. The lowest BCUT2D eigenvalue weighted by molar-refractivity contribution is -0.384. The highest BCUT2D eigenvalue weighted by Crippen LogP contribution is 2.36. The molecule has 12 heteroatoms. The molecule has 3 amide bonds. The summed E-state index contributed by atoms with van der Waals surface area (Å²) in [5.74, 6) is -0.312. The van der Waals surface area contributed by atoms with Crippen LogP contribution in [0, 0.1) is 17.0 Å². The van der Waals surface area contributed by atoms with Gasteiger partial charge in [-0.05, 0) is 54.6 Å². The van der Waals surface area contributed by atoms with Crippen molar-refractivity contribution in [2.75, 3.05) is 19.0 Å². The number of hydrogen-bond acceptors (Lipinski definition) is 8. The number of benzene rings is 2. The first kappa shape index (κ1) is 25.0. The van der Waals surface area contributed by atoms with Crippen LogP contribution in [0.25, 0.3) is 17.4 Å². The average Bonchev–Trinajstić information content (AvgIpc) is 3.41. The van der Waals surface area contributed by atoms with Crippen LogP contribution in [0.2, 0.25) is 5.02 Å². The number of rotatable bonds is 7. The molecule has 0 bridgehead atoms. The maximum atomic E-state index is 12.8. The van der Waals surface area contributed by atoms with Crippen molar-refractivity contribution in [1.82, 2.24) is 4.90 Å². The van der Waals surface area contributed by atoms with Gasteiger partial charge in [0.2, 0.25) is 5.91 Å². The molecule has 1 aliphatic heterocycles. The second-order valence-electron chi connectivity index (χ2n) is 7.62. The summed E-state index contributed by atoms with van der Waals surface area (Å²) in [7, 11) is 1.38. The highest BCUT2D eigenvalue weighted by molar-refractivity contribution is 8.18. The average molecular weight is 528 g/mol. The number of aryl methyl sites for hydroxylation is 1. The van der Waals surface area contributed by atoms with Gasteiger partial charge < -0.3 is 14.5 Å². The minimum atomic E-state index is -0.631. The molecule has 0 unspecified atom stereocenters. The Hall–Kier alpha value is -4.09. The van der Waals surface area contributed by atoms with Crippen molar-refractivity contribution >= 4 is 57.9 Å². The SMILES string of the molecule is COc1cc([N+](=O)[O-])ccc1-c1ccc(/C=C2/SC(=O)N(CC(=O)Nc3cc(Cl)ccc3C)C2=O)o1. The number of carbonyl (C=O) groups excluding carboxylic acids is 3. The van der Waals surface area contributed by atoms with Gasteiger partial charge in [0, 0.05) is 22.9 Å². The quantitative estimate of drug-likeness (QED) is 0.242. The Kier molecular flexibility index (Phi) is 7.13. The fourth-order valence-corrected chi connectivity index (χ4v) is 4.39. The van der Waals surface area contributed by atoms with E-state index in [2.05, 4.69) is 5.32 Å². The van der Waals surface area contributed by atoms with Crippen molar-refractivity contribution in [3.05, 3.63) is 79.9 Å². The van der Waals surface area contributed by atoms with Crippen molar-refractivity contribution < 1.29 is 28.5 Å². The van der Waals surface area contributed by atoms with Crippen LogP contribution in [0.3, 0.4) is 0 Å². The molecule has 0 spiro atoms. The van der Waals surface area contributed by atoms with Crippen LogP contribution >= 0.6 is 23.4 Å². The molecule has 1 N–H and O–H groups in total. The van der Waals surface area contributed by atoms with E-state index in [0.29, 0.717) is 33.8 Å². The number of imide groups is 1. The van der Waals surface area contributed by atoms with Gasteiger partial charge in [-0.25, -0.2) is 0 Å². The van der Waals surface area contributed by atoms with Crippen LogP contribution in [0.4, 0.5) is 16.2 Å². The van der Waals surface area contributed by atoms with Crippen molar-refractivity contribution in [2.24, 2.45) is 0 Å². The predicted molar refractivity (Wildman–Crippen MR) is 135 cm³/mol. The van der Waals surface area contributed by atoms with Crippen molar-refractivity contribution in [3.8, 4) is 17.1 Å². The summed E-state index contributed by atoms with van der Waals surface area (Å²) >= 11 is 6.65. The van der Waals surface area contributed by atoms with E-state index in [1.165, 1.54) is 31.4 Å². The fourth-order valence-electron chi connectivity index (χ4n) is 3.40. The molecule has 0 saturated carbocycles. The van der Waals surface area contributed by atoms with Gasteiger partial charge in [-0.2, -0.15) is 0 Å². The van der Waals surface area contributed by atoms with E-state index in [1.807, 2.05) is 0 Å². The Morgan fingerprint density at radius 2 is 2.00 bits per heavy atom. The molecule has 0 atom stereocenters. The van der Waals surface area contributed by atoms with Crippen molar-refractivity contribution in [1.29, 1.82) is 0 Å². The third kappa shape index (κ3) is 5.26. The number of nitrogens with one attached hydrogen (secondary N) is 1. The third-order valence-electron chi connectivity index (χ3n) is 5.21. The number of hydrogen-bond donors (Lipinski definition) is 1. The fraction of sp³-hybridized carbons (Fsp3) is 0.125. The monoisotopic (exact) mass is 527 g/mol. The summed E-state index contributed by atoms with van der Waals surface area (Å²) < 4.78 is 11.0. The molecule has 1 saturated heterocycles. The summed E-state index contributed by atoms with van der Waals surface area (Å²) in [5, 5.41) is 13.5. The van der Waals surface area contributed by atoms with E-state index in [0.717, 1.165) is 10.5 Å². The van der Waals surface area contributed by atoms with Crippen LogP contribution in [0.5, 0.6) is 5.75 Å². The van der Waals surface area contributed by atoms with Crippen LogP contribution in [0.15, 0.2) is 57.9 Å². The predicted octanol–water partition coefficient (Wildman–Crippen LogP) is 5.50. The number of nitrogens with zero attached hydrogens (tertiary/aromatic N) is 2. The van der Waals surface area contributed by atoms with Gasteiger partial charge in [0.05, 0.1) is 28.6 Å². The van der Waals surface area contributed by atoms with E-state index in [-0.39, 0.29) is 22.1 Å². The number of methoxy groups -OCH3 is 1. The normalized spacial score (nSPS) is 14.4. The maximum Gasteiger partial charge on any atom is 0.294 e. The second-order valence-corrected chi connectivity index (χ2v) is 9.05. The summed E-state index contributed by atoms with van der Waals surface area (Å²) in [4.78, 5) is 49.1. The Balaban J connectivity index is 1.49. The Labute approximate surface area is 214 Å². The van der Waals surface area contributed by atoms with E-state index in [4.69, 9.17) is 20.8 Å². The zero-order valence-electron chi connectivity index (χ0n) is 18.9. The van der Waals surface area contributed by atoms with Gasteiger partial charge in [0.25, 0.3) is 16.8 Å². The first-order valence-electron chi connectivity index (χ1n) is 10.4. The number of amides is 3. The van der Waals surface area contributed by atoms with Gasteiger partial charge >= 0.3 is 0 Å². The largest absolute Gasteiger partial charge is 0.496 e. The van der Waals surface area contributed by atoms with E-state index >= 15 is 0 Å². The number of carbonyl (C=O) groups is 3. The number of anilines is 1. The summed E-state index contributed by atoms with van der Waals surface area (Å²) in [5.41, 5.74) is 1.61. The number of non-ortho nitro benzene ring substituents is 1. The molecule has 0 radical (unpaired) electrons. The first-order chi connectivity index (χ1) is 17.2. The third-order valence-corrected chi connectivity index (χ3v) is 6.35. The molecule has 2 aromatic carbocycles. The highest BCUT2D eigenvalue weighted by atomic mass is 35.5. The smallest absolute Gasteiger partial charge is 0.294 e. The maximum absolute atomic E-state index is 12.8. The Morgan fingerprint density at radius 3 is 2.72 bits per heavy atom.